The van der Waals surface area contributed by atoms with Gasteiger partial charge in [-0.25, -0.2) is 5.90 Å². The summed E-state index contributed by atoms with van der Waals surface area (Å²) in [6.07, 6.45) is 4.74. The van der Waals surface area contributed by atoms with Gasteiger partial charge in [0.25, 0.3) is 11.8 Å². The molecule has 0 saturated carbocycles. The Morgan fingerprint density at radius 1 is 0.716 bits per heavy atom. The minimum Gasteiger partial charge on any atom is -0.493 e. The number of hydrogen-bond donors (Lipinski definition) is 3. The standard InChI is InChI=1S/C56H65N7O11/c1-67-20-21-71-23-22-70-19-17-61(16-8-14-54(64)58-15-9-18-74-57)41-25-37(35-72-52-31-46-44(29-50(52)68-2)55(65)62-42(33-59-46)27-39-10-4-6-12-48(39)62)24-38(26-41)36-73-53-32-47-45(30-51(53)69-3)56(66)63-43(34-60-47)28-40-11-5-7-13-49(40)63/h4-7,10-13,24-26,29-33,42-43,60H,8-9,14-23,27-28,34-36,57H2,1-3H3,(H,58,64)/t42-,43-/m0/s1. The van der Waals surface area contributed by atoms with Crippen LogP contribution in [-0.4, -0.2) is 123 Å². The van der Waals surface area contributed by atoms with Crippen LogP contribution in [0.1, 0.15) is 62.2 Å². The van der Waals surface area contributed by atoms with E-state index in [9.17, 15) is 14.4 Å². The smallest absolute Gasteiger partial charge is 0.261 e. The molecule has 5 aromatic carbocycles. The highest BCUT2D eigenvalue weighted by molar-refractivity contribution is 6.15. The van der Waals surface area contributed by atoms with Crippen molar-refractivity contribution in [1.29, 1.82) is 0 Å². The largest absolute Gasteiger partial charge is 0.493 e. The first kappa shape index (κ1) is 51.7. The van der Waals surface area contributed by atoms with Crippen LogP contribution in [0.5, 0.6) is 23.0 Å². The number of para-hydroxylation sites is 2. The highest BCUT2D eigenvalue weighted by atomic mass is 16.6. The maximum absolute atomic E-state index is 14.2. The van der Waals surface area contributed by atoms with E-state index >= 15 is 0 Å². The van der Waals surface area contributed by atoms with Gasteiger partial charge in [0.2, 0.25) is 5.91 Å². The van der Waals surface area contributed by atoms with Gasteiger partial charge in [0, 0.05) is 81.5 Å². The number of nitrogens with zero attached hydrogens (tertiary/aromatic N) is 4. The summed E-state index contributed by atoms with van der Waals surface area (Å²) < 4.78 is 41.7. The number of carbonyl (C=O) groups is 3. The molecule has 0 fully saturated rings. The van der Waals surface area contributed by atoms with Gasteiger partial charge in [-0.1, -0.05) is 36.4 Å². The first-order chi connectivity index (χ1) is 36.3. The van der Waals surface area contributed by atoms with Crippen molar-refractivity contribution in [1.82, 2.24) is 5.32 Å². The maximum Gasteiger partial charge on any atom is 0.261 e. The Morgan fingerprint density at radius 3 is 2.08 bits per heavy atom. The lowest BCUT2D eigenvalue weighted by Gasteiger charge is -2.26. The van der Waals surface area contributed by atoms with Crippen molar-refractivity contribution in [3.05, 3.63) is 124 Å². The minimum atomic E-state index is -0.208. The van der Waals surface area contributed by atoms with Crippen molar-refractivity contribution in [2.75, 3.05) is 107 Å². The summed E-state index contributed by atoms with van der Waals surface area (Å²) in [7, 11) is 4.75. The average molecular weight is 1010 g/mol. The third-order valence-corrected chi connectivity index (χ3v) is 13.6. The second kappa shape index (κ2) is 24.7. The summed E-state index contributed by atoms with van der Waals surface area (Å²) in [6, 6.07) is 28.9. The summed E-state index contributed by atoms with van der Waals surface area (Å²) in [6.45, 7) is 4.86. The van der Waals surface area contributed by atoms with Gasteiger partial charge in [-0.15, -0.1) is 0 Å². The fraction of sp³-hybridized carbons (Fsp3) is 0.393. The van der Waals surface area contributed by atoms with Crippen LogP contribution in [0.4, 0.5) is 28.4 Å². The first-order valence-electron chi connectivity index (χ1n) is 25.2. The normalized spacial score (nSPS) is 15.9. The van der Waals surface area contributed by atoms with Crippen molar-refractivity contribution in [3.8, 4) is 23.0 Å². The van der Waals surface area contributed by atoms with Gasteiger partial charge in [-0.2, -0.15) is 0 Å². The highest BCUT2D eigenvalue weighted by Gasteiger charge is 2.39. The predicted octanol–water partition coefficient (Wildman–Crippen LogP) is 6.81. The Kier molecular flexibility index (Phi) is 17.2. The minimum absolute atomic E-state index is 0.0312. The second-order valence-electron chi connectivity index (χ2n) is 18.4. The Hall–Kier alpha value is -7.22. The Balaban J connectivity index is 0.983. The monoisotopic (exact) mass is 1010 g/mol. The van der Waals surface area contributed by atoms with Crippen LogP contribution in [0.15, 0.2) is 96.0 Å². The van der Waals surface area contributed by atoms with E-state index in [0.29, 0.717) is 137 Å². The molecular weight excluding hydrogens is 947 g/mol. The van der Waals surface area contributed by atoms with Gasteiger partial charge in [-0.05, 0) is 84.0 Å². The Labute approximate surface area is 431 Å². The van der Waals surface area contributed by atoms with E-state index in [-0.39, 0.29) is 43.0 Å². The molecule has 2 atom stereocenters. The summed E-state index contributed by atoms with van der Waals surface area (Å²) >= 11 is 0. The zero-order chi connectivity index (χ0) is 51.4. The van der Waals surface area contributed by atoms with Gasteiger partial charge in [0.15, 0.2) is 23.0 Å². The van der Waals surface area contributed by atoms with Crippen molar-refractivity contribution in [3.63, 3.8) is 0 Å². The van der Waals surface area contributed by atoms with Crippen LogP contribution >= 0.6 is 0 Å². The van der Waals surface area contributed by atoms with Crippen LogP contribution in [0.3, 0.4) is 0 Å². The van der Waals surface area contributed by atoms with E-state index in [1.54, 1.807) is 44.4 Å². The summed E-state index contributed by atoms with van der Waals surface area (Å²) in [4.78, 5) is 56.6. The number of rotatable bonds is 26. The molecule has 0 spiro atoms. The van der Waals surface area contributed by atoms with Gasteiger partial charge in [-0.3, -0.25) is 24.3 Å². The topological polar surface area (TPSA) is 197 Å². The molecule has 0 saturated heterocycles. The van der Waals surface area contributed by atoms with Crippen LogP contribution in [0, 0.1) is 0 Å². The number of anilines is 4. The van der Waals surface area contributed by atoms with Crippen molar-refractivity contribution >= 4 is 52.4 Å². The second-order valence-corrected chi connectivity index (χ2v) is 18.4. The van der Waals surface area contributed by atoms with E-state index in [0.717, 1.165) is 45.7 Å². The van der Waals surface area contributed by atoms with Crippen LogP contribution < -0.4 is 50.2 Å². The number of benzene rings is 5. The van der Waals surface area contributed by atoms with E-state index in [1.165, 1.54) is 0 Å². The number of fused-ring (bicyclic) bond motifs is 8. The number of amides is 3. The van der Waals surface area contributed by atoms with E-state index in [1.807, 2.05) is 65.7 Å². The zero-order valence-corrected chi connectivity index (χ0v) is 42.3. The van der Waals surface area contributed by atoms with Crippen molar-refractivity contribution in [2.45, 2.75) is 57.4 Å². The first-order valence-corrected chi connectivity index (χ1v) is 25.2. The quantitative estimate of drug-likeness (QED) is 0.0386. The van der Waals surface area contributed by atoms with E-state index < -0.39 is 0 Å². The molecule has 4 N–H and O–H groups in total. The lowest BCUT2D eigenvalue weighted by atomic mass is 10.1. The third-order valence-electron chi connectivity index (χ3n) is 13.6. The highest BCUT2D eigenvalue weighted by Crippen LogP contribution is 2.43. The number of nitrogens with one attached hydrogen (secondary N) is 2. The van der Waals surface area contributed by atoms with Gasteiger partial charge in [0.1, 0.15) is 13.2 Å². The van der Waals surface area contributed by atoms with Gasteiger partial charge >= 0.3 is 0 Å². The van der Waals surface area contributed by atoms with E-state index in [2.05, 4.69) is 38.6 Å². The molecule has 18 heteroatoms. The lowest BCUT2D eigenvalue weighted by molar-refractivity contribution is -0.121. The molecule has 0 radical (unpaired) electrons. The molecule has 18 nitrogen and oxygen atoms in total. The predicted molar refractivity (Wildman–Crippen MR) is 282 cm³/mol. The lowest BCUT2D eigenvalue weighted by Crippen LogP contribution is -2.39. The molecule has 74 heavy (non-hydrogen) atoms. The van der Waals surface area contributed by atoms with Crippen molar-refractivity contribution in [2.24, 2.45) is 10.9 Å². The average Bonchev–Trinajstić information content (AvgIpc) is 3.91. The molecule has 0 aromatic heterocycles. The fourth-order valence-electron chi connectivity index (χ4n) is 9.93. The molecule has 0 bridgehead atoms. The Bertz CT molecular complexity index is 2830. The van der Waals surface area contributed by atoms with Gasteiger partial charge in [0.05, 0.1) is 88.4 Å². The molecule has 0 aliphatic carbocycles. The maximum atomic E-state index is 14.2. The number of hydrogen-bond acceptors (Lipinski definition) is 15. The molecule has 5 aromatic rings. The number of methoxy groups -OCH3 is 3. The fourth-order valence-corrected chi connectivity index (χ4v) is 9.93. The van der Waals surface area contributed by atoms with Crippen LogP contribution in [0.2, 0.25) is 0 Å². The zero-order valence-electron chi connectivity index (χ0n) is 42.3. The molecular formula is C56H65N7O11. The number of aliphatic imine (C=N–C) groups is 1. The molecule has 4 aliphatic rings. The molecule has 9 rings (SSSR count). The molecule has 4 aliphatic heterocycles. The van der Waals surface area contributed by atoms with Crippen LogP contribution in [-0.2, 0) is 49.9 Å². The molecule has 0 unspecified atom stereocenters. The molecule has 3 amide bonds. The summed E-state index contributed by atoms with van der Waals surface area (Å²) in [5.41, 5.74) is 8.62. The van der Waals surface area contributed by atoms with E-state index in [4.69, 9.17) is 44.0 Å². The van der Waals surface area contributed by atoms with Crippen molar-refractivity contribution < 1.29 is 52.4 Å². The number of ether oxygens (including phenoxy) is 7. The van der Waals surface area contributed by atoms with Crippen LogP contribution in [0.25, 0.3) is 0 Å². The number of carbonyl (C=O) groups excluding carboxylic acids is 3. The van der Waals surface area contributed by atoms with Gasteiger partial charge < -0.3 is 58.4 Å². The summed E-state index contributed by atoms with van der Waals surface area (Å²) in [5.74, 6) is 6.55. The molecule has 4 heterocycles. The summed E-state index contributed by atoms with van der Waals surface area (Å²) in [5, 5.41) is 6.47. The Morgan fingerprint density at radius 2 is 1.36 bits per heavy atom. The molecule has 390 valence electrons. The number of nitrogens with two attached hydrogens (primary N) is 1. The SMILES string of the molecule is COCCOCCOCCN(CCCC(=O)NCCCON)c1cc(COc2cc3c(cc2OC)C(=O)N2c4ccccc4C[C@H]2C=N3)cc(COc2cc3c(cc2OC)C(=O)N2c4ccccc4C[C@H]2CN3)c1. The third kappa shape index (κ3) is 11.9.